The van der Waals surface area contributed by atoms with Gasteiger partial charge in [-0.15, -0.1) is 11.3 Å². The van der Waals surface area contributed by atoms with E-state index in [2.05, 4.69) is 20.5 Å². The minimum atomic E-state index is -0.331. The van der Waals surface area contributed by atoms with Crippen LogP contribution in [0.1, 0.15) is 16.1 Å². The van der Waals surface area contributed by atoms with Crippen LogP contribution in [0, 0.1) is 12.7 Å². The van der Waals surface area contributed by atoms with Gasteiger partial charge in [0.25, 0.3) is 5.91 Å². The molecule has 1 aromatic carbocycles. The van der Waals surface area contributed by atoms with E-state index in [0.717, 1.165) is 5.69 Å². The number of H-pyrrole nitrogens is 1. The summed E-state index contributed by atoms with van der Waals surface area (Å²) in [5.41, 5.74) is 2.46. The van der Waals surface area contributed by atoms with Crippen molar-refractivity contribution < 1.29 is 9.18 Å². The fourth-order valence-electron chi connectivity index (χ4n) is 1.87. The van der Waals surface area contributed by atoms with Crippen molar-refractivity contribution in [1.82, 2.24) is 15.2 Å². The molecule has 2 aromatic heterocycles. The molecule has 0 unspecified atom stereocenters. The molecule has 0 aliphatic carbocycles. The molecule has 0 spiro atoms. The largest absolute Gasteiger partial charge is 0.298 e. The number of amides is 1. The lowest BCUT2D eigenvalue weighted by atomic mass is 10.1. The maximum atomic E-state index is 13.0. The average molecular weight is 302 g/mol. The van der Waals surface area contributed by atoms with Gasteiger partial charge in [0.15, 0.2) is 5.13 Å². The van der Waals surface area contributed by atoms with E-state index in [1.165, 1.54) is 29.7 Å². The van der Waals surface area contributed by atoms with Gasteiger partial charge in [-0.25, -0.2) is 9.37 Å². The zero-order valence-corrected chi connectivity index (χ0v) is 11.9. The van der Waals surface area contributed by atoms with Gasteiger partial charge in [-0.1, -0.05) is 0 Å². The van der Waals surface area contributed by atoms with Gasteiger partial charge in [0.1, 0.15) is 5.82 Å². The first-order valence-corrected chi connectivity index (χ1v) is 7.04. The molecule has 7 heteroatoms. The minimum absolute atomic E-state index is 0.308. The predicted octanol–water partition coefficient (Wildman–Crippen LogP) is 3.23. The Bertz CT molecular complexity index is 778. The van der Waals surface area contributed by atoms with Gasteiger partial charge in [0, 0.05) is 10.9 Å². The van der Waals surface area contributed by atoms with Crippen LogP contribution in [0.2, 0.25) is 0 Å². The molecule has 3 aromatic rings. The first-order valence-electron chi connectivity index (χ1n) is 6.16. The van der Waals surface area contributed by atoms with Gasteiger partial charge >= 0.3 is 0 Å². The van der Waals surface area contributed by atoms with Crippen LogP contribution >= 0.6 is 11.3 Å². The number of nitrogens with one attached hydrogen (secondary N) is 2. The van der Waals surface area contributed by atoms with E-state index in [1.807, 2.05) is 12.3 Å². The van der Waals surface area contributed by atoms with Crippen LogP contribution < -0.4 is 5.32 Å². The van der Waals surface area contributed by atoms with Crippen LogP contribution in [0.15, 0.2) is 35.8 Å². The molecule has 2 N–H and O–H groups in total. The summed E-state index contributed by atoms with van der Waals surface area (Å²) in [5.74, 6) is -0.639. The Morgan fingerprint density at radius 3 is 2.76 bits per heavy atom. The van der Waals surface area contributed by atoms with E-state index in [9.17, 15) is 9.18 Å². The van der Waals surface area contributed by atoms with Crippen molar-refractivity contribution in [3.8, 4) is 11.3 Å². The average Bonchev–Trinajstić information content (AvgIpc) is 3.09. The Balaban J connectivity index is 1.88. The lowest BCUT2D eigenvalue weighted by Gasteiger charge is -2.03. The number of aromatic nitrogens is 3. The third-order valence-electron chi connectivity index (χ3n) is 2.86. The monoisotopic (exact) mass is 302 g/mol. The molecule has 0 fully saturated rings. The smallest absolute Gasteiger partial charge is 0.261 e. The number of benzene rings is 1. The summed E-state index contributed by atoms with van der Waals surface area (Å²) in [4.78, 5) is 16.4. The second-order valence-corrected chi connectivity index (χ2v) is 5.27. The summed E-state index contributed by atoms with van der Waals surface area (Å²) in [6.07, 6.45) is 1.44. The van der Waals surface area contributed by atoms with E-state index in [-0.39, 0.29) is 11.7 Å². The summed E-state index contributed by atoms with van der Waals surface area (Å²) < 4.78 is 13.0. The molecule has 0 radical (unpaired) electrons. The summed E-state index contributed by atoms with van der Waals surface area (Å²) in [5, 5.41) is 11.8. The molecule has 1 amide bonds. The second kappa shape index (κ2) is 5.45. The molecular weight excluding hydrogens is 291 g/mol. The number of hydrogen-bond donors (Lipinski definition) is 2. The van der Waals surface area contributed by atoms with Gasteiger partial charge in [-0.2, -0.15) is 5.10 Å². The van der Waals surface area contributed by atoms with E-state index >= 15 is 0 Å². The number of aryl methyl sites for hydroxylation is 1. The second-order valence-electron chi connectivity index (χ2n) is 4.41. The Morgan fingerprint density at radius 2 is 2.10 bits per heavy atom. The maximum absolute atomic E-state index is 13.0. The molecule has 3 rings (SSSR count). The number of nitrogens with zero attached hydrogens (tertiary/aromatic N) is 2. The van der Waals surface area contributed by atoms with Gasteiger partial charge in [-0.05, 0) is 31.2 Å². The van der Waals surface area contributed by atoms with E-state index in [0.29, 0.717) is 22.0 Å². The lowest BCUT2D eigenvalue weighted by molar-refractivity contribution is 0.102. The SMILES string of the molecule is Cc1csc(NC(=O)c2cn[nH]c2-c2ccc(F)cc2)n1. The van der Waals surface area contributed by atoms with E-state index in [1.54, 1.807) is 12.1 Å². The maximum Gasteiger partial charge on any atom is 0.261 e. The highest BCUT2D eigenvalue weighted by atomic mass is 32.1. The van der Waals surface area contributed by atoms with Crippen molar-refractivity contribution in [2.75, 3.05) is 5.32 Å². The Morgan fingerprint density at radius 1 is 1.33 bits per heavy atom. The number of halogens is 1. The first-order chi connectivity index (χ1) is 10.1. The fraction of sp³-hybridized carbons (Fsp3) is 0.0714. The van der Waals surface area contributed by atoms with Crippen LogP contribution in [-0.4, -0.2) is 21.1 Å². The Labute approximate surface area is 123 Å². The van der Waals surface area contributed by atoms with E-state index in [4.69, 9.17) is 0 Å². The highest BCUT2D eigenvalue weighted by Gasteiger charge is 2.16. The van der Waals surface area contributed by atoms with Crippen LogP contribution in [0.25, 0.3) is 11.3 Å². The van der Waals surface area contributed by atoms with Gasteiger partial charge in [0.05, 0.1) is 23.1 Å². The minimum Gasteiger partial charge on any atom is -0.298 e. The molecule has 0 atom stereocenters. The van der Waals surface area contributed by atoms with Crippen molar-refractivity contribution in [1.29, 1.82) is 0 Å². The number of hydrogen-bond acceptors (Lipinski definition) is 4. The molecule has 0 bridgehead atoms. The van der Waals surface area contributed by atoms with Gasteiger partial charge in [0.2, 0.25) is 0 Å². The van der Waals surface area contributed by atoms with Crippen LogP contribution in [0.5, 0.6) is 0 Å². The number of rotatable bonds is 3. The highest BCUT2D eigenvalue weighted by molar-refractivity contribution is 7.13. The van der Waals surface area contributed by atoms with Crippen LogP contribution in [0.4, 0.5) is 9.52 Å². The van der Waals surface area contributed by atoms with Crippen molar-refractivity contribution in [2.45, 2.75) is 6.92 Å². The number of carbonyl (C=O) groups is 1. The molecule has 5 nitrogen and oxygen atoms in total. The van der Waals surface area contributed by atoms with Crippen molar-refractivity contribution in [2.24, 2.45) is 0 Å². The quantitative estimate of drug-likeness (QED) is 0.780. The lowest BCUT2D eigenvalue weighted by Crippen LogP contribution is -2.12. The standard InChI is InChI=1S/C14H11FN4OS/c1-8-7-21-14(17-8)18-13(20)11-6-16-19-12(11)9-2-4-10(15)5-3-9/h2-7H,1H3,(H,16,19)(H,17,18,20). The topological polar surface area (TPSA) is 70.7 Å². The predicted molar refractivity (Wildman–Crippen MR) is 78.8 cm³/mol. The number of carbonyl (C=O) groups excluding carboxylic acids is 1. The molecule has 106 valence electrons. The zero-order chi connectivity index (χ0) is 14.8. The Hall–Kier alpha value is -2.54. The fourth-order valence-corrected chi connectivity index (χ4v) is 2.55. The number of anilines is 1. The van der Waals surface area contributed by atoms with E-state index < -0.39 is 0 Å². The van der Waals surface area contributed by atoms with Crippen LogP contribution in [-0.2, 0) is 0 Å². The summed E-state index contributed by atoms with van der Waals surface area (Å²) >= 11 is 1.36. The van der Waals surface area contributed by atoms with Crippen molar-refractivity contribution in [3.05, 3.63) is 52.9 Å². The normalized spacial score (nSPS) is 10.6. The number of aromatic amines is 1. The molecule has 0 aliphatic rings. The van der Waals surface area contributed by atoms with Gasteiger partial charge in [-0.3, -0.25) is 15.2 Å². The van der Waals surface area contributed by atoms with Crippen molar-refractivity contribution >= 4 is 22.4 Å². The molecule has 2 heterocycles. The molecule has 0 aliphatic heterocycles. The summed E-state index contributed by atoms with van der Waals surface area (Å²) in [7, 11) is 0. The third kappa shape index (κ3) is 2.82. The van der Waals surface area contributed by atoms with Gasteiger partial charge < -0.3 is 0 Å². The third-order valence-corrected chi connectivity index (χ3v) is 3.73. The number of thiazole rings is 1. The summed E-state index contributed by atoms with van der Waals surface area (Å²) in [6.45, 7) is 1.86. The molecule has 0 saturated carbocycles. The molecule has 21 heavy (non-hydrogen) atoms. The van der Waals surface area contributed by atoms with Crippen molar-refractivity contribution in [3.63, 3.8) is 0 Å². The molecule has 0 saturated heterocycles. The van der Waals surface area contributed by atoms with Crippen LogP contribution in [0.3, 0.4) is 0 Å². The highest BCUT2D eigenvalue weighted by Crippen LogP contribution is 2.23. The zero-order valence-electron chi connectivity index (χ0n) is 11.1. The Kier molecular flexibility index (Phi) is 3.49. The summed E-state index contributed by atoms with van der Waals surface area (Å²) in [6, 6.07) is 5.85. The molecular formula is C14H11FN4OS. The first kappa shape index (κ1) is 13.4.